The van der Waals surface area contributed by atoms with E-state index in [0.29, 0.717) is 41.5 Å². The highest BCUT2D eigenvalue weighted by molar-refractivity contribution is 7.88. The molecule has 4 aromatic rings. The molecular formula is C28H26F2N4O4S. The van der Waals surface area contributed by atoms with E-state index in [0.717, 1.165) is 16.8 Å². The maximum absolute atomic E-state index is 13.9. The van der Waals surface area contributed by atoms with E-state index in [4.69, 9.17) is 0 Å². The van der Waals surface area contributed by atoms with Crippen molar-refractivity contribution in [2.75, 3.05) is 31.1 Å². The molecule has 1 N–H and O–H groups in total. The highest BCUT2D eigenvalue weighted by atomic mass is 32.2. The molecule has 0 aliphatic carbocycles. The highest BCUT2D eigenvalue weighted by Crippen LogP contribution is 2.29. The van der Waals surface area contributed by atoms with Gasteiger partial charge in [-0.2, -0.15) is 14.1 Å². The number of anilines is 1. The second-order valence-corrected chi connectivity index (χ2v) is 11.2. The standard InChI is InChI=1S/C28H26F2N4O4S/c29-23-14-24(30)16-25(15-23)34-28(36)27(22-8-6-20(18-35)7-9-22)26(17-31-34)32-10-12-33(13-11-32)39(37,38)19-21-4-2-1-3-5-21/h1-9,14-17,35H,10-13,18-19H2. The molecular weight excluding hydrogens is 526 g/mol. The predicted octanol–water partition coefficient (Wildman–Crippen LogP) is 3.32. The number of aliphatic hydroxyl groups excluding tert-OH is 1. The van der Waals surface area contributed by atoms with Crippen molar-refractivity contribution < 1.29 is 22.3 Å². The highest BCUT2D eigenvalue weighted by Gasteiger charge is 2.29. The molecule has 11 heteroatoms. The molecule has 1 saturated heterocycles. The number of nitrogens with zero attached hydrogens (tertiary/aromatic N) is 4. The second kappa shape index (κ2) is 11.0. The molecule has 0 bridgehead atoms. The molecule has 3 aromatic carbocycles. The van der Waals surface area contributed by atoms with Crippen LogP contribution < -0.4 is 10.5 Å². The molecule has 1 aliphatic heterocycles. The zero-order valence-corrected chi connectivity index (χ0v) is 21.7. The third kappa shape index (κ3) is 5.75. The third-order valence-electron chi connectivity index (χ3n) is 6.64. The Bertz CT molecular complexity index is 1620. The van der Waals surface area contributed by atoms with Crippen LogP contribution in [0, 0.1) is 11.6 Å². The lowest BCUT2D eigenvalue weighted by Crippen LogP contribution is -2.49. The maximum Gasteiger partial charge on any atom is 0.281 e. The first kappa shape index (κ1) is 26.7. The summed E-state index contributed by atoms with van der Waals surface area (Å²) in [6.45, 7) is 0.896. The summed E-state index contributed by atoms with van der Waals surface area (Å²) >= 11 is 0. The zero-order chi connectivity index (χ0) is 27.6. The van der Waals surface area contributed by atoms with Crippen molar-refractivity contribution in [1.29, 1.82) is 0 Å². The van der Waals surface area contributed by atoms with E-state index in [1.54, 1.807) is 48.5 Å². The van der Waals surface area contributed by atoms with Crippen LogP contribution in [-0.2, 0) is 22.4 Å². The molecule has 5 rings (SSSR count). The first-order valence-corrected chi connectivity index (χ1v) is 13.9. The number of rotatable bonds is 7. The van der Waals surface area contributed by atoms with Crippen molar-refractivity contribution in [2.24, 2.45) is 0 Å². The van der Waals surface area contributed by atoms with Crippen LogP contribution in [-0.4, -0.2) is 53.8 Å². The molecule has 0 unspecified atom stereocenters. The Morgan fingerprint density at radius 3 is 2.10 bits per heavy atom. The summed E-state index contributed by atoms with van der Waals surface area (Å²) in [7, 11) is -3.54. The smallest absolute Gasteiger partial charge is 0.281 e. The fourth-order valence-corrected chi connectivity index (χ4v) is 6.18. The molecule has 1 fully saturated rings. The number of aliphatic hydroxyl groups is 1. The van der Waals surface area contributed by atoms with Gasteiger partial charge in [-0.3, -0.25) is 4.79 Å². The molecule has 202 valence electrons. The van der Waals surface area contributed by atoms with Crippen LogP contribution in [0.1, 0.15) is 11.1 Å². The van der Waals surface area contributed by atoms with Crippen molar-refractivity contribution in [3.8, 4) is 16.8 Å². The molecule has 0 saturated carbocycles. The number of piperazine rings is 1. The monoisotopic (exact) mass is 552 g/mol. The molecule has 1 aliphatic rings. The quantitative estimate of drug-likeness (QED) is 0.378. The van der Waals surface area contributed by atoms with Crippen LogP contribution in [0.15, 0.2) is 83.8 Å². The number of sulfonamides is 1. The fraction of sp³-hybridized carbons (Fsp3) is 0.214. The maximum atomic E-state index is 13.9. The normalized spacial score (nSPS) is 14.5. The van der Waals surface area contributed by atoms with Gasteiger partial charge in [0.05, 0.1) is 35.5 Å². The Balaban J connectivity index is 1.48. The van der Waals surface area contributed by atoms with Crippen molar-refractivity contribution in [1.82, 2.24) is 14.1 Å². The van der Waals surface area contributed by atoms with Gasteiger partial charge in [0.25, 0.3) is 5.56 Å². The van der Waals surface area contributed by atoms with Crippen LogP contribution in [0.25, 0.3) is 16.8 Å². The molecule has 0 spiro atoms. The molecule has 39 heavy (non-hydrogen) atoms. The van der Waals surface area contributed by atoms with Crippen molar-refractivity contribution in [3.63, 3.8) is 0 Å². The fourth-order valence-electron chi connectivity index (χ4n) is 4.66. The van der Waals surface area contributed by atoms with Crippen LogP contribution in [0.2, 0.25) is 0 Å². The zero-order valence-electron chi connectivity index (χ0n) is 20.9. The number of aromatic nitrogens is 2. The van der Waals surface area contributed by atoms with Crippen LogP contribution in [0.3, 0.4) is 0 Å². The van der Waals surface area contributed by atoms with Crippen LogP contribution in [0.4, 0.5) is 14.5 Å². The number of hydrogen-bond acceptors (Lipinski definition) is 6. The average Bonchev–Trinajstić information content (AvgIpc) is 2.93. The third-order valence-corrected chi connectivity index (χ3v) is 8.49. The Morgan fingerprint density at radius 1 is 0.846 bits per heavy atom. The van der Waals surface area contributed by atoms with Crippen LogP contribution in [0.5, 0.6) is 0 Å². The van der Waals surface area contributed by atoms with Gasteiger partial charge < -0.3 is 10.0 Å². The topological polar surface area (TPSA) is 95.7 Å². The molecule has 0 atom stereocenters. The van der Waals surface area contributed by atoms with Gasteiger partial charge in [-0.25, -0.2) is 17.2 Å². The van der Waals surface area contributed by atoms with E-state index in [1.165, 1.54) is 10.5 Å². The summed E-state index contributed by atoms with van der Waals surface area (Å²) in [6.07, 6.45) is 1.45. The molecule has 0 radical (unpaired) electrons. The van der Waals surface area contributed by atoms with Crippen molar-refractivity contribution in [2.45, 2.75) is 12.4 Å². The molecule has 0 amide bonds. The number of hydrogen-bond donors (Lipinski definition) is 1. The van der Waals surface area contributed by atoms with Crippen molar-refractivity contribution in [3.05, 3.63) is 112 Å². The van der Waals surface area contributed by atoms with E-state index in [2.05, 4.69) is 5.10 Å². The molecule has 1 aromatic heterocycles. The molecule has 2 heterocycles. The molecule has 8 nitrogen and oxygen atoms in total. The van der Waals surface area contributed by atoms with Gasteiger partial charge in [-0.15, -0.1) is 0 Å². The summed E-state index contributed by atoms with van der Waals surface area (Å²) < 4.78 is 56.3. The largest absolute Gasteiger partial charge is 0.392 e. The van der Waals surface area contributed by atoms with Gasteiger partial charge >= 0.3 is 0 Å². The minimum Gasteiger partial charge on any atom is -0.392 e. The first-order chi connectivity index (χ1) is 18.7. The Hall–Kier alpha value is -3.93. The average molecular weight is 553 g/mol. The van der Waals surface area contributed by atoms with Gasteiger partial charge in [0.1, 0.15) is 11.6 Å². The summed E-state index contributed by atoms with van der Waals surface area (Å²) in [5.41, 5.74) is 1.96. The second-order valence-electron chi connectivity index (χ2n) is 9.23. The predicted molar refractivity (Wildman–Crippen MR) is 144 cm³/mol. The van der Waals surface area contributed by atoms with E-state index in [-0.39, 0.29) is 36.7 Å². The van der Waals surface area contributed by atoms with E-state index >= 15 is 0 Å². The van der Waals surface area contributed by atoms with Gasteiger partial charge in [0, 0.05) is 32.2 Å². The SMILES string of the molecule is O=c1c(-c2ccc(CO)cc2)c(N2CCN(S(=O)(=O)Cc3ccccc3)CC2)cnn1-c1cc(F)cc(F)c1. The minimum absolute atomic E-state index is 0.0610. The van der Waals surface area contributed by atoms with Gasteiger partial charge in [0.2, 0.25) is 10.0 Å². The van der Waals surface area contributed by atoms with Gasteiger partial charge in [-0.05, 0) is 28.8 Å². The Labute approximate surface area is 224 Å². The minimum atomic E-state index is -3.54. The van der Waals surface area contributed by atoms with E-state index in [9.17, 15) is 27.1 Å². The summed E-state index contributed by atoms with van der Waals surface area (Å²) in [5, 5.41) is 13.6. The lowest BCUT2D eigenvalue weighted by atomic mass is 10.0. The first-order valence-electron chi connectivity index (χ1n) is 12.3. The van der Waals surface area contributed by atoms with E-state index < -0.39 is 27.2 Å². The summed E-state index contributed by atoms with van der Waals surface area (Å²) in [5.74, 6) is -1.79. The Kier molecular flexibility index (Phi) is 7.56. The number of benzene rings is 3. The van der Waals surface area contributed by atoms with Crippen molar-refractivity contribution >= 4 is 15.7 Å². The lowest BCUT2D eigenvalue weighted by Gasteiger charge is -2.36. The summed E-state index contributed by atoms with van der Waals surface area (Å²) in [6, 6.07) is 18.4. The lowest BCUT2D eigenvalue weighted by molar-refractivity contribution is 0.282. The Morgan fingerprint density at radius 2 is 1.49 bits per heavy atom. The summed E-state index contributed by atoms with van der Waals surface area (Å²) in [4.78, 5) is 15.6. The van der Waals surface area contributed by atoms with Crippen LogP contribution >= 0.6 is 0 Å². The van der Waals surface area contributed by atoms with E-state index in [1.807, 2.05) is 11.0 Å². The van der Waals surface area contributed by atoms with Gasteiger partial charge in [0.15, 0.2) is 0 Å². The van der Waals surface area contributed by atoms with Gasteiger partial charge in [-0.1, -0.05) is 54.6 Å². The number of halogens is 2.